The molecule has 2 rings (SSSR count). The lowest BCUT2D eigenvalue weighted by Crippen LogP contribution is -2.47. The Morgan fingerprint density at radius 2 is 2.41 bits per heavy atom. The SMILES string of the molecule is CC1OCC(C)(C)N1C(=O)CCc1cccs1. The van der Waals surface area contributed by atoms with Gasteiger partial charge < -0.3 is 9.64 Å². The highest BCUT2D eigenvalue weighted by atomic mass is 32.1. The van der Waals surface area contributed by atoms with Crippen LogP contribution in [-0.4, -0.2) is 29.2 Å². The molecule has 1 unspecified atom stereocenters. The molecule has 1 saturated heterocycles. The van der Waals surface area contributed by atoms with E-state index in [9.17, 15) is 4.79 Å². The van der Waals surface area contributed by atoms with Gasteiger partial charge in [0.2, 0.25) is 5.91 Å². The molecule has 4 heteroatoms. The van der Waals surface area contributed by atoms with Gasteiger partial charge in [-0.05, 0) is 38.6 Å². The Bertz CT molecular complexity index is 386. The maximum atomic E-state index is 12.2. The summed E-state index contributed by atoms with van der Waals surface area (Å²) in [5.41, 5.74) is -0.175. The lowest BCUT2D eigenvalue weighted by atomic mass is 10.0. The van der Waals surface area contributed by atoms with E-state index in [4.69, 9.17) is 4.74 Å². The van der Waals surface area contributed by atoms with Crippen molar-refractivity contribution in [1.29, 1.82) is 0 Å². The Morgan fingerprint density at radius 3 is 2.94 bits per heavy atom. The Hall–Kier alpha value is -0.870. The van der Waals surface area contributed by atoms with Gasteiger partial charge in [0, 0.05) is 11.3 Å². The van der Waals surface area contributed by atoms with E-state index in [0.29, 0.717) is 13.0 Å². The number of nitrogens with zero attached hydrogens (tertiary/aromatic N) is 1. The molecule has 3 nitrogen and oxygen atoms in total. The van der Waals surface area contributed by atoms with Crippen molar-refractivity contribution in [3.63, 3.8) is 0 Å². The average Bonchev–Trinajstić information content (AvgIpc) is 2.84. The van der Waals surface area contributed by atoms with E-state index >= 15 is 0 Å². The minimum Gasteiger partial charge on any atom is -0.356 e. The molecule has 0 bridgehead atoms. The third-order valence-corrected chi connectivity index (χ3v) is 4.06. The monoisotopic (exact) mass is 253 g/mol. The predicted octanol–water partition coefficient (Wildman–Crippen LogP) is 2.66. The molecule has 2 heterocycles. The van der Waals surface area contributed by atoms with Crippen molar-refractivity contribution in [2.75, 3.05) is 6.61 Å². The van der Waals surface area contributed by atoms with Crippen molar-refractivity contribution in [2.45, 2.75) is 45.4 Å². The van der Waals surface area contributed by atoms with Crippen LogP contribution in [0.15, 0.2) is 17.5 Å². The second-order valence-electron chi connectivity index (χ2n) is 5.07. The summed E-state index contributed by atoms with van der Waals surface area (Å²) in [7, 11) is 0. The first-order valence-electron chi connectivity index (χ1n) is 5.97. The summed E-state index contributed by atoms with van der Waals surface area (Å²) in [5, 5.41) is 2.05. The van der Waals surface area contributed by atoms with Crippen LogP contribution in [0.25, 0.3) is 0 Å². The van der Waals surface area contributed by atoms with E-state index in [-0.39, 0.29) is 17.7 Å². The summed E-state index contributed by atoms with van der Waals surface area (Å²) in [5.74, 6) is 0.188. The van der Waals surface area contributed by atoms with Crippen LogP contribution in [0.1, 0.15) is 32.1 Å². The van der Waals surface area contributed by atoms with Gasteiger partial charge in [0.1, 0.15) is 6.23 Å². The van der Waals surface area contributed by atoms with Gasteiger partial charge in [-0.3, -0.25) is 4.79 Å². The number of hydrogen-bond donors (Lipinski definition) is 0. The van der Waals surface area contributed by atoms with E-state index in [1.54, 1.807) is 11.3 Å². The number of thiophene rings is 1. The van der Waals surface area contributed by atoms with Gasteiger partial charge in [-0.25, -0.2) is 0 Å². The highest BCUT2D eigenvalue weighted by Gasteiger charge is 2.40. The number of rotatable bonds is 3. The van der Waals surface area contributed by atoms with Crippen LogP contribution in [0.5, 0.6) is 0 Å². The van der Waals surface area contributed by atoms with Crippen molar-refractivity contribution in [2.24, 2.45) is 0 Å². The van der Waals surface area contributed by atoms with Crippen molar-refractivity contribution in [3.05, 3.63) is 22.4 Å². The number of carbonyl (C=O) groups excluding carboxylic acids is 1. The zero-order valence-corrected chi connectivity index (χ0v) is 11.4. The first-order chi connectivity index (χ1) is 8.00. The Labute approximate surface area is 106 Å². The van der Waals surface area contributed by atoms with Crippen molar-refractivity contribution in [3.8, 4) is 0 Å². The molecule has 1 fully saturated rings. The number of aryl methyl sites for hydroxylation is 1. The van der Waals surface area contributed by atoms with Gasteiger partial charge in [0.25, 0.3) is 0 Å². The molecule has 1 aliphatic rings. The first kappa shape index (κ1) is 12.6. The van der Waals surface area contributed by atoms with E-state index in [2.05, 4.69) is 19.9 Å². The predicted molar refractivity (Wildman–Crippen MR) is 69.0 cm³/mol. The molecular formula is C13H19NO2S. The quantitative estimate of drug-likeness (QED) is 0.829. The average molecular weight is 253 g/mol. The van der Waals surface area contributed by atoms with Crippen LogP contribution in [0, 0.1) is 0 Å². The zero-order valence-electron chi connectivity index (χ0n) is 10.6. The van der Waals surface area contributed by atoms with Crippen LogP contribution in [0.3, 0.4) is 0 Å². The zero-order chi connectivity index (χ0) is 12.5. The Kier molecular flexibility index (Phi) is 3.54. The summed E-state index contributed by atoms with van der Waals surface area (Å²) >= 11 is 1.71. The van der Waals surface area contributed by atoms with E-state index < -0.39 is 0 Å². The molecule has 0 radical (unpaired) electrons. The fourth-order valence-corrected chi connectivity index (χ4v) is 3.02. The highest BCUT2D eigenvalue weighted by molar-refractivity contribution is 7.09. The maximum Gasteiger partial charge on any atom is 0.225 e. The fourth-order valence-electron chi connectivity index (χ4n) is 2.31. The smallest absolute Gasteiger partial charge is 0.225 e. The maximum absolute atomic E-state index is 12.2. The molecule has 0 aromatic carbocycles. The molecule has 1 aliphatic heterocycles. The van der Waals surface area contributed by atoms with Gasteiger partial charge in [-0.1, -0.05) is 6.07 Å². The molecular weight excluding hydrogens is 234 g/mol. The van der Waals surface area contributed by atoms with Gasteiger partial charge in [0.05, 0.1) is 12.1 Å². The standard InChI is InChI=1S/C13H19NO2S/c1-10-14(13(2,3)9-16-10)12(15)7-6-11-5-4-8-17-11/h4-5,8,10H,6-7,9H2,1-3H3. The largest absolute Gasteiger partial charge is 0.356 e. The second kappa shape index (κ2) is 4.78. The van der Waals surface area contributed by atoms with E-state index in [0.717, 1.165) is 6.42 Å². The van der Waals surface area contributed by atoms with Gasteiger partial charge in [-0.15, -0.1) is 11.3 Å². The second-order valence-corrected chi connectivity index (χ2v) is 6.10. The summed E-state index contributed by atoms with van der Waals surface area (Å²) in [6.07, 6.45) is 1.30. The summed E-state index contributed by atoms with van der Waals surface area (Å²) in [4.78, 5) is 15.4. The molecule has 0 aliphatic carbocycles. The van der Waals surface area contributed by atoms with Crippen LogP contribution in [0.4, 0.5) is 0 Å². The van der Waals surface area contributed by atoms with Gasteiger partial charge in [0.15, 0.2) is 0 Å². The van der Waals surface area contributed by atoms with Crippen LogP contribution in [0.2, 0.25) is 0 Å². The van der Waals surface area contributed by atoms with E-state index in [1.165, 1.54) is 4.88 Å². The molecule has 1 aromatic heterocycles. The van der Waals surface area contributed by atoms with Gasteiger partial charge in [-0.2, -0.15) is 0 Å². The number of hydrogen-bond acceptors (Lipinski definition) is 3. The highest BCUT2D eigenvalue weighted by Crippen LogP contribution is 2.27. The molecule has 94 valence electrons. The lowest BCUT2D eigenvalue weighted by Gasteiger charge is -2.32. The van der Waals surface area contributed by atoms with Crippen LogP contribution >= 0.6 is 11.3 Å². The minimum atomic E-state index is -0.175. The Balaban J connectivity index is 1.95. The third-order valence-electron chi connectivity index (χ3n) is 3.13. The van der Waals surface area contributed by atoms with Crippen LogP contribution in [-0.2, 0) is 16.0 Å². The summed E-state index contributed by atoms with van der Waals surface area (Å²) < 4.78 is 5.55. The number of ether oxygens (including phenoxy) is 1. The summed E-state index contributed by atoms with van der Waals surface area (Å²) in [6.45, 7) is 6.68. The molecule has 0 N–H and O–H groups in total. The van der Waals surface area contributed by atoms with Crippen molar-refractivity contribution in [1.82, 2.24) is 4.90 Å². The molecule has 17 heavy (non-hydrogen) atoms. The fraction of sp³-hybridized carbons (Fsp3) is 0.615. The first-order valence-corrected chi connectivity index (χ1v) is 6.85. The van der Waals surface area contributed by atoms with Crippen molar-refractivity contribution >= 4 is 17.2 Å². The number of carbonyl (C=O) groups is 1. The van der Waals surface area contributed by atoms with Crippen LogP contribution < -0.4 is 0 Å². The normalized spacial score (nSPS) is 23.0. The number of amides is 1. The molecule has 1 amide bonds. The lowest BCUT2D eigenvalue weighted by molar-refractivity contribution is -0.139. The van der Waals surface area contributed by atoms with Crippen molar-refractivity contribution < 1.29 is 9.53 Å². The molecule has 1 aromatic rings. The minimum absolute atomic E-state index is 0.0964. The topological polar surface area (TPSA) is 29.5 Å². The summed E-state index contributed by atoms with van der Waals surface area (Å²) in [6, 6.07) is 4.10. The molecule has 0 spiro atoms. The molecule has 0 saturated carbocycles. The van der Waals surface area contributed by atoms with E-state index in [1.807, 2.05) is 23.3 Å². The Morgan fingerprint density at radius 1 is 1.65 bits per heavy atom. The third kappa shape index (κ3) is 2.69. The van der Waals surface area contributed by atoms with Gasteiger partial charge >= 0.3 is 0 Å². The molecule has 1 atom stereocenters.